The molecule has 1 aliphatic heterocycles. The van der Waals surface area contributed by atoms with Gasteiger partial charge in [-0.15, -0.1) is 37.1 Å². The fourth-order valence-corrected chi connectivity index (χ4v) is 3.13. The second-order valence-corrected chi connectivity index (χ2v) is 6.73. The van der Waals surface area contributed by atoms with Gasteiger partial charge in [-0.3, -0.25) is 0 Å². The molecule has 172 valence electrons. The quantitative estimate of drug-likeness (QED) is 0.219. The molecule has 0 radical (unpaired) electrons. The summed E-state index contributed by atoms with van der Waals surface area (Å²) in [6, 6.07) is 6.08. The molecule has 30 heavy (non-hydrogen) atoms. The Morgan fingerprint density at radius 1 is 1.20 bits per heavy atom. The molecular formula is C20H31F3IN3O3. The van der Waals surface area contributed by atoms with Crippen LogP contribution in [0.2, 0.25) is 0 Å². The van der Waals surface area contributed by atoms with E-state index in [1.807, 2.05) is 6.92 Å². The molecule has 0 bridgehead atoms. The minimum Gasteiger partial charge on any atom is -0.405 e. The highest BCUT2D eigenvalue weighted by Gasteiger charge is 2.32. The number of hydrogen-bond acceptors (Lipinski definition) is 4. The lowest BCUT2D eigenvalue weighted by atomic mass is 10.1. The third-order valence-corrected chi connectivity index (χ3v) is 4.52. The number of methoxy groups -OCH3 is 1. The topological polar surface area (TPSA) is 55.3 Å². The van der Waals surface area contributed by atoms with E-state index in [1.165, 1.54) is 12.1 Å². The maximum atomic E-state index is 12.6. The molecular weight excluding hydrogens is 514 g/mol. The number of piperidine rings is 1. The second-order valence-electron chi connectivity index (χ2n) is 6.73. The summed E-state index contributed by atoms with van der Waals surface area (Å²) in [5, 5.41) is 3.22. The molecule has 0 atom stereocenters. The fourth-order valence-electron chi connectivity index (χ4n) is 3.13. The maximum absolute atomic E-state index is 12.6. The Labute approximate surface area is 193 Å². The van der Waals surface area contributed by atoms with Gasteiger partial charge in [-0.1, -0.05) is 18.2 Å². The van der Waals surface area contributed by atoms with E-state index in [4.69, 9.17) is 9.47 Å². The van der Waals surface area contributed by atoms with Gasteiger partial charge >= 0.3 is 6.36 Å². The van der Waals surface area contributed by atoms with Crippen LogP contribution in [-0.4, -0.2) is 63.3 Å². The van der Waals surface area contributed by atoms with Gasteiger partial charge in [0.05, 0.1) is 12.6 Å². The van der Waals surface area contributed by atoms with Crippen molar-refractivity contribution in [1.82, 2.24) is 10.2 Å². The number of rotatable bonds is 9. The first kappa shape index (κ1) is 26.8. The van der Waals surface area contributed by atoms with Crippen LogP contribution in [0.5, 0.6) is 5.75 Å². The number of nitrogens with one attached hydrogen (secondary N) is 1. The molecule has 1 aliphatic rings. The van der Waals surface area contributed by atoms with Crippen LogP contribution in [-0.2, 0) is 16.0 Å². The van der Waals surface area contributed by atoms with Gasteiger partial charge in [-0.25, -0.2) is 4.99 Å². The molecule has 1 aromatic carbocycles. The number of ether oxygens (including phenoxy) is 3. The molecule has 6 nitrogen and oxygen atoms in total. The molecule has 0 spiro atoms. The summed E-state index contributed by atoms with van der Waals surface area (Å²) in [5.41, 5.74) is 0.386. The van der Waals surface area contributed by atoms with Gasteiger partial charge in [-0.2, -0.15) is 0 Å². The number of likely N-dealkylation sites (tertiary alicyclic amines) is 1. The van der Waals surface area contributed by atoms with E-state index >= 15 is 0 Å². The van der Waals surface area contributed by atoms with Gasteiger partial charge in [0, 0.05) is 45.5 Å². The molecule has 1 aromatic rings. The molecule has 0 aromatic heterocycles. The van der Waals surface area contributed by atoms with Crippen LogP contribution >= 0.6 is 24.0 Å². The smallest absolute Gasteiger partial charge is 0.405 e. The van der Waals surface area contributed by atoms with Crippen molar-refractivity contribution >= 4 is 29.9 Å². The Bertz CT molecular complexity index is 639. The normalized spacial score (nSPS) is 15.6. The van der Waals surface area contributed by atoms with E-state index in [-0.39, 0.29) is 42.4 Å². The predicted octanol–water partition coefficient (Wildman–Crippen LogP) is 4.19. The zero-order valence-electron chi connectivity index (χ0n) is 17.4. The molecule has 1 heterocycles. The van der Waals surface area contributed by atoms with E-state index in [2.05, 4.69) is 19.9 Å². The average Bonchev–Trinajstić information content (AvgIpc) is 2.69. The van der Waals surface area contributed by atoms with Gasteiger partial charge in [-0.05, 0) is 32.3 Å². The summed E-state index contributed by atoms with van der Waals surface area (Å²) in [7, 11) is 1.67. The molecule has 0 aliphatic carbocycles. The molecule has 0 amide bonds. The summed E-state index contributed by atoms with van der Waals surface area (Å²) in [6.07, 6.45) is -1.88. The van der Waals surface area contributed by atoms with Gasteiger partial charge in [0.2, 0.25) is 0 Å². The lowest BCUT2D eigenvalue weighted by Crippen LogP contribution is -2.47. The number of halogens is 4. The first-order chi connectivity index (χ1) is 13.9. The van der Waals surface area contributed by atoms with Crippen molar-refractivity contribution in [2.45, 2.75) is 45.2 Å². The summed E-state index contributed by atoms with van der Waals surface area (Å²) in [4.78, 5) is 6.65. The van der Waals surface area contributed by atoms with Crippen molar-refractivity contribution in [2.75, 3.05) is 40.0 Å². The zero-order chi connectivity index (χ0) is 21.1. The van der Waals surface area contributed by atoms with E-state index in [0.717, 1.165) is 32.4 Å². The maximum Gasteiger partial charge on any atom is 0.573 e. The van der Waals surface area contributed by atoms with Crippen molar-refractivity contribution < 1.29 is 27.4 Å². The zero-order valence-corrected chi connectivity index (χ0v) is 19.7. The van der Waals surface area contributed by atoms with Crippen molar-refractivity contribution in [3.05, 3.63) is 29.8 Å². The molecule has 1 saturated heterocycles. The molecule has 1 N–H and O–H groups in total. The summed E-state index contributed by atoms with van der Waals surface area (Å²) < 4.78 is 52.8. The summed E-state index contributed by atoms with van der Waals surface area (Å²) in [5.74, 6) is 0.468. The van der Waals surface area contributed by atoms with Crippen molar-refractivity contribution in [1.29, 1.82) is 0 Å². The first-order valence-electron chi connectivity index (χ1n) is 9.90. The van der Waals surface area contributed by atoms with Gasteiger partial charge in [0.15, 0.2) is 5.96 Å². The van der Waals surface area contributed by atoms with Gasteiger partial charge < -0.3 is 24.4 Å². The van der Waals surface area contributed by atoms with E-state index in [9.17, 15) is 13.2 Å². The number of alkyl halides is 3. The van der Waals surface area contributed by atoms with Crippen LogP contribution in [0.15, 0.2) is 29.3 Å². The molecule has 0 unspecified atom stereocenters. The lowest BCUT2D eigenvalue weighted by Gasteiger charge is -2.34. The monoisotopic (exact) mass is 545 g/mol. The summed E-state index contributed by atoms with van der Waals surface area (Å²) >= 11 is 0. The van der Waals surface area contributed by atoms with E-state index in [0.29, 0.717) is 31.3 Å². The van der Waals surface area contributed by atoms with Crippen LogP contribution in [0.3, 0.4) is 0 Å². The number of benzene rings is 1. The molecule has 1 fully saturated rings. The van der Waals surface area contributed by atoms with Crippen LogP contribution in [0.25, 0.3) is 0 Å². The number of nitrogens with zero attached hydrogens (tertiary/aromatic N) is 2. The van der Waals surface area contributed by atoms with Crippen LogP contribution in [0, 0.1) is 0 Å². The first-order valence-corrected chi connectivity index (χ1v) is 9.90. The number of para-hydroxylation sites is 1. The number of guanidine groups is 1. The predicted molar refractivity (Wildman–Crippen MR) is 120 cm³/mol. The van der Waals surface area contributed by atoms with Crippen LogP contribution < -0.4 is 10.1 Å². The Hall–Kier alpha value is -1.27. The van der Waals surface area contributed by atoms with E-state index in [1.54, 1.807) is 19.2 Å². The fraction of sp³-hybridized carbons (Fsp3) is 0.650. The third-order valence-electron chi connectivity index (χ3n) is 4.52. The number of aliphatic imine (C=N–C) groups is 1. The van der Waals surface area contributed by atoms with Crippen molar-refractivity contribution in [3.8, 4) is 5.75 Å². The molecule has 10 heteroatoms. The largest absolute Gasteiger partial charge is 0.573 e. The second kappa shape index (κ2) is 13.9. The third kappa shape index (κ3) is 9.69. The molecule has 0 saturated carbocycles. The standard InChI is InChI=1S/C20H30F3N3O3.HI/c1-3-24-19(26-11-9-17(10-12-26)28-14-6-13-27-2)25-15-16-7-4-5-8-18(16)29-20(21,22)23;/h4-5,7-8,17H,3,6,9-15H2,1-2H3,(H,24,25);1H. The van der Waals surface area contributed by atoms with E-state index < -0.39 is 6.36 Å². The SMILES string of the molecule is CCNC(=NCc1ccccc1OC(F)(F)F)N1CCC(OCCCOC)CC1.I. The Morgan fingerprint density at radius 3 is 2.53 bits per heavy atom. The Morgan fingerprint density at radius 2 is 1.90 bits per heavy atom. The van der Waals surface area contributed by atoms with Crippen molar-refractivity contribution in [2.24, 2.45) is 4.99 Å². The lowest BCUT2D eigenvalue weighted by molar-refractivity contribution is -0.274. The highest BCUT2D eigenvalue weighted by Crippen LogP contribution is 2.26. The Balaban J connectivity index is 0.00000450. The highest BCUT2D eigenvalue weighted by atomic mass is 127. The minimum absolute atomic E-state index is 0. The molecule has 2 rings (SSSR count). The Kier molecular flexibility index (Phi) is 12.4. The van der Waals surface area contributed by atoms with Gasteiger partial charge in [0.25, 0.3) is 0 Å². The van der Waals surface area contributed by atoms with Gasteiger partial charge in [0.1, 0.15) is 5.75 Å². The highest BCUT2D eigenvalue weighted by molar-refractivity contribution is 14.0. The minimum atomic E-state index is -4.73. The van der Waals surface area contributed by atoms with Crippen molar-refractivity contribution in [3.63, 3.8) is 0 Å². The van der Waals surface area contributed by atoms with Crippen LogP contribution in [0.1, 0.15) is 31.7 Å². The summed E-state index contributed by atoms with van der Waals surface area (Å²) in [6.45, 7) is 5.66. The number of hydrogen-bond donors (Lipinski definition) is 1. The average molecular weight is 545 g/mol. The van der Waals surface area contributed by atoms with Crippen LogP contribution in [0.4, 0.5) is 13.2 Å².